The van der Waals surface area contributed by atoms with Crippen LogP contribution in [0, 0.1) is 6.92 Å². The van der Waals surface area contributed by atoms with E-state index in [4.69, 9.17) is 4.42 Å². The maximum atomic E-state index is 11.8. The van der Waals surface area contributed by atoms with Crippen LogP contribution in [-0.4, -0.2) is 36.1 Å². The van der Waals surface area contributed by atoms with Crippen molar-refractivity contribution in [3.05, 3.63) is 59.5 Å². The van der Waals surface area contributed by atoms with E-state index in [9.17, 15) is 14.7 Å². The number of rotatable bonds is 7. The molecule has 6 nitrogen and oxygen atoms in total. The Labute approximate surface area is 134 Å². The van der Waals surface area contributed by atoms with E-state index in [0.29, 0.717) is 17.7 Å². The van der Waals surface area contributed by atoms with Gasteiger partial charge in [0.1, 0.15) is 5.76 Å². The van der Waals surface area contributed by atoms with Crippen LogP contribution in [0.25, 0.3) is 0 Å². The predicted molar refractivity (Wildman–Crippen MR) is 84.9 cm³/mol. The van der Waals surface area contributed by atoms with Crippen molar-refractivity contribution in [3.8, 4) is 0 Å². The maximum Gasteiger partial charge on any atom is 0.255 e. The van der Waals surface area contributed by atoms with Crippen molar-refractivity contribution in [2.45, 2.75) is 19.4 Å². The number of hydrogen-bond donors (Lipinski definition) is 3. The smallest absolute Gasteiger partial charge is 0.255 e. The highest BCUT2D eigenvalue weighted by atomic mass is 16.3. The lowest BCUT2D eigenvalue weighted by Crippen LogP contribution is -2.40. The molecule has 0 radical (unpaired) electrons. The number of aliphatic hydroxyl groups is 1. The fourth-order valence-electron chi connectivity index (χ4n) is 2.13. The van der Waals surface area contributed by atoms with Crippen molar-refractivity contribution < 1.29 is 19.1 Å². The van der Waals surface area contributed by atoms with Gasteiger partial charge >= 0.3 is 0 Å². The minimum Gasteiger partial charge on any atom is -0.469 e. The van der Waals surface area contributed by atoms with Crippen LogP contribution in [0.1, 0.15) is 21.7 Å². The third kappa shape index (κ3) is 5.27. The van der Waals surface area contributed by atoms with E-state index in [1.165, 1.54) is 6.26 Å². The van der Waals surface area contributed by atoms with Crippen molar-refractivity contribution in [2.75, 3.05) is 13.1 Å². The Balaban J connectivity index is 1.69. The van der Waals surface area contributed by atoms with Gasteiger partial charge in [-0.3, -0.25) is 9.59 Å². The summed E-state index contributed by atoms with van der Waals surface area (Å²) in [4.78, 5) is 23.5. The summed E-state index contributed by atoms with van der Waals surface area (Å²) in [5.41, 5.74) is 1.40. The first-order valence-corrected chi connectivity index (χ1v) is 7.37. The van der Waals surface area contributed by atoms with Gasteiger partial charge in [0.2, 0.25) is 5.91 Å². The van der Waals surface area contributed by atoms with Crippen LogP contribution in [0.15, 0.2) is 47.1 Å². The molecule has 0 fully saturated rings. The second-order valence-electron chi connectivity index (χ2n) is 5.22. The van der Waals surface area contributed by atoms with Gasteiger partial charge in [0.25, 0.3) is 5.91 Å². The van der Waals surface area contributed by atoms with Crippen molar-refractivity contribution in [3.63, 3.8) is 0 Å². The van der Waals surface area contributed by atoms with Crippen molar-refractivity contribution in [1.82, 2.24) is 10.6 Å². The largest absolute Gasteiger partial charge is 0.469 e. The lowest BCUT2D eigenvalue weighted by atomic mass is 10.1. The zero-order valence-electron chi connectivity index (χ0n) is 12.9. The highest BCUT2D eigenvalue weighted by Gasteiger charge is 2.13. The number of hydrogen-bond acceptors (Lipinski definition) is 4. The molecule has 0 aliphatic carbocycles. The first-order chi connectivity index (χ1) is 11.1. The molecule has 6 heteroatoms. The first-order valence-electron chi connectivity index (χ1n) is 7.37. The molecule has 1 aromatic heterocycles. The molecule has 23 heavy (non-hydrogen) atoms. The Hall–Kier alpha value is -2.60. The summed E-state index contributed by atoms with van der Waals surface area (Å²) >= 11 is 0. The zero-order chi connectivity index (χ0) is 16.7. The number of furan rings is 1. The summed E-state index contributed by atoms with van der Waals surface area (Å²) < 4.78 is 5.03. The van der Waals surface area contributed by atoms with Crippen molar-refractivity contribution in [2.24, 2.45) is 0 Å². The summed E-state index contributed by atoms with van der Waals surface area (Å²) in [6.07, 6.45) is 1.21. The van der Waals surface area contributed by atoms with Gasteiger partial charge in [-0.05, 0) is 18.6 Å². The second-order valence-corrected chi connectivity index (χ2v) is 5.22. The molecule has 0 saturated heterocycles. The Morgan fingerprint density at radius 3 is 2.57 bits per heavy atom. The molecule has 3 N–H and O–H groups in total. The van der Waals surface area contributed by atoms with Gasteiger partial charge in [-0.1, -0.05) is 30.3 Å². The van der Waals surface area contributed by atoms with Gasteiger partial charge in [-0.2, -0.15) is 0 Å². The molecule has 1 atom stereocenters. The maximum absolute atomic E-state index is 11.8. The van der Waals surface area contributed by atoms with Gasteiger partial charge < -0.3 is 20.2 Å². The van der Waals surface area contributed by atoms with Crippen LogP contribution >= 0.6 is 0 Å². The lowest BCUT2D eigenvalue weighted by Gasteiger charge is -2.12. The second kappa shape index (κ2) is 8.14. The summed E-state index contributed by atoms with van der Waals surface area (Å²) in [5, 5.41) is 15.0. The highest BCUT2D eigenvalue weighted by molar-refractivity contribution is 5.97. The van der Waals surface area contributed by atoms with Gasteiger partial charge in [0.05, 0.1) is 24.5 Å². The SMILES string of the molecule is Cc1occc1C(=O)NCC(=O)NCC(O)Cc1ccccc1. The summed E-state index contributed by atoms with van der Waals surface area (Å²) in [6, 6.07) is 11.1. The third-order valence-corrected chi connectivity index (χ3v) is 3.36. The molecule has 0 bridgehead atoms. The Bertz CT molecular complexity index is 652. The molecular formula is C17H20N2O4. The molecule has 122 valence electrons. The van der Waals surface area contributed by atoms with E-state index in [1.54, 1.807) is 13.0 Å². The van der Waals surface area contributed by atoms with E-state index < -0.39 is 6.10 Å². The summed E-state index contributed by atoms with van der Waals surface area (Å²) in [7, 11) is 0. The minimum absolute atomic E-state index is 0.133. The average molecular weight is 316 g/mol. The van der Waals surface area contributed by atoms with Crippen LogP contribution < -0.4 is 10.6 Å². The Morgan fingerprint density at radius 1 is 1.17 bits per heavy atom. The van der Waals surface area contributed by atoms with E-state index in [2.05, 4.69) is 10.6 Å². The molecule has 0 saturated carbocycles. The molecule has 1 aromatic carbocycles. The topological polar surface area (TPSA) is 91.6 Å². The van der Waals surface area contributed by atoms with E-state index >= 15 is 0 Å². The molecule has 0 spiro atoms. The Kier molecular flexibility index (Phi) is 5.94. The number of carbonyl (C=O) groups excluding carboxylic acids is 2. The summed E-state index contributed by atoms with van der Waals surface area (Å²) in [5.74, 6) is -0.218. The monoisotopic (exact) mass is 316 g/mol. The zero-order valence-corrected chi connectivity index (χ0v) is 12.9. The van der Waals surface area contributed by atoms with Crippen LogP contribution in [-0.2, 0) is 11.2 Å². The number of aryl methyl sites for hydroxylation is 1. The quantitative estimate of drug-likeness (QED) is 0.712. The first kappa shape index (κ1) is 16.8. The molecule has 2 aromatic rings. The van der Waals surface area contributed by atoms with Crippen molar-refractivity contribution in [1.29, 1.82) is 0 Å². The van der Waals surface area contributed by atoms with Crippen LogP contribution in [0.5, 0.6) is 0 Å². The normalized spacial score (nSPS) is 11.7. The molecule has 2 amide bonds. The van der Waals surface area contributed by atoms with Crippen molar-refractivity contribution >= 4 is 11.8 Å². The average Bonchev–Trinajstić information content (AvgIpc) is 2.98. The van der Waals surface area contributed by atoms with Gasteiger partial charge in [0, 0.05) is 13.0 Å². The van der Waals surface area contributed by atoms with Crippen LogP contribution in [0.4, 0.5) is 0 Å². The molecule has 2 rings (SSSR count). The fourth-order valence-corrected chi connectivity index (χ4v) is 2.13. The lowest BCUT2D eigenvalue weighted by molar-refractivity contribution is -0.120. The third-order valence-electron chi connectivity index (χ3n) is 3.36. The number of benzene rings is 1. The molecule has 1 unspecified atom stereocenters. The molecule has 0 aliphatic heterocycles. The number of nitrogens with one attached hydrogen (secondary N) is 2. The standard InChI is InChI=1S/C17H20N2O4/c1-12-15(7-8-23-12)17(22)19-11-16(21)18-10-14(20)9-13-5-3-2-4-6-13/h2-8,14,20H,9-11H2,1H3,(H,18,21)(H,19,22). The molecule has 1 heterocycles. The minimum atomic E-state index is -0.673. The van der Waals surface area contributed by atoms with Gasteiger partial charge in [-0.25, -0.2) is 0 Å². The van der Waals surface area contributed by atoms with Gasteiger partial charge in [0.15, 0.2) is 0 Å². The molecular weight excluding hydrogens is 296 g/mol. The number of aliphatic hydroxyl groups excluding tert-OH is 1. The van der Waals surface area contributed by atoms with E-state index in [-0.39, 0.29) is 24.9 Å². The predicted octanol–water partition coefficient (Wildman–Crippen LogP) is 1.04. The van der Waals surface area contributed by atoms with E-state index in [1.807, 2.05) is 30.3 Å². The fraction of sp³-hybridized carbons (Fsp3) is 0.294. The highest BCUT2D eigenvalue weighted by Crippen LogP contribution is 2.07. The van der Waals surface area contributed by atoms with E-state index in [0.717, 1.165) is 5.56 Å². The van der Waals surface area contributed by atoms with Gasteiger partial charge in [-0.15, -0.1) is 0 Å². The van der Waals surface area contributed by atoms with Crippen LogP contribution in [0.3, 0.4) is 0 Å². The number of amides is 2. The number of carbonyl (C=O) groups is 2. The Morgan fingerprint density at radius 2 is 1.91 bits per heavy atom. The van der Waals surface area contributed by atoms with Crippen LogP contribution in [0.2, 0.25) is 0 Å². The summed E-state index contributed by atoms with van der Waals surface area (Å²) in [6.45, 7) is 1.66. The molecule has 0 aliphatic rings.